The van der Waals surface area contributed by atoms with Crippen molar-refractivity contribution < 1.29 is 4.74 Å². The molecule has 14 heavy (non-hydrogen) atoms. The van der Waals surface area contributed by atoms with Crippen LogP contribution in [0.3, 0.4) is 0 Å². The summed E-state index contributed by atoms with van der Waals surface area (Å²) in [6.45, 7) is 5.81. The van der Waals surface area contributed by atoms with Crippen LogP contribution in [0.2, 0.25) is 5.02 Å². The maximum Gasteiger partial charge on any atom is 0.238 e. The fraction of sp³-hybridized carbons (Fsp3) is 0.556. The van der Waals surface area contributed by atoms with Gasteiger partial charge in [0.15, 0.2) is 0 Å². The maximum absolute atomic E-state index is 5.88. The van der Waals surface area contributed by atoms with E-state index in [-0.39, 0.29) is 5.60 Å². The third-order valence-corrected chi connectivity index (χ3v) is 1.60. The molecule has 0 aliphatic rings. The Kier molecular flexibility index (Phi) is 3.16. The van der Waals surface area contributed by atoms with E-state index in [2.05, 4.69) is 15.3 Å². The summed E-state index contributed by atoms with van der Waals surface area (Å²) < 4.78 is 5.55. The van der Waals surface area contributed by atoms with Crippen molar-refractivity contribution in [3.05, 3.63) is 11.2 Å². The minimum Gasteiger partial charge on any atom is -0.471 e. The van der Waals surface area contributed by atoms with Gasteiger partial charge in [0.2, 0.25) is 11.8 Å². The first-order valence-corrected chi connectivity index (χ1v) is 4.69. The van der Waals surface area contributed by atoms with E-state index in [0.717, 1.165) is 0 Å². The molecule has 0 aromatic carbocycles. The summed E-state index contributed by atoms with van der Waals surface area (Å²) >= 11 is 5.88. The van der Waals surface area contributed by atoms with Gasteiger partial charge in [-0.3, -0.25) is 0 Å². The average Bonchev–Trinajstić information content (AvgIpc) is 2.06. The Balaban J connectivity index is 2.95. The molecule has 0 amide bonds. The molecular formula is C9H14ClN3O. The predicted molar refractivity (Wildman–Crippen MR) is 57.0 cm³/mol. The van der Waals surface area contributed by atoms with Crippen LogP contribution in [0.25, 0.3) is 0 Å². The topological polar surface area (TPSA) is 47.0 Å². The molecule has 1 N–H and O–H groups in total. The zero-order chi connectivity index (χ0) is 10.8. The Labute approximate surface area is 88.7 Å². The number of nitrogens with one attached hydrogen (secondary N) is 1. The van der Waals surface area contributed by atoms with Crippen LogP contribution in [0.1, 0.15) is 20.8 Å². The molecule has 0 aliphatic heterocycles. The summed E-state index contributed by atoms with van der Waals surface area (Å²) in [7, 11) is 1.74. The fourth-order valence-electron chi connectivity index (χ4n) is 0.834. The average molecular weight is 216 g/mol. The van der Waals surface area contributed by atoms with Crippen LogP contribution >= 0.6 is 11.6 Å². The summed E-state index contributed by atoms with van der Waals surface area (Å²) in [6.07, 6.45) is 1.52. The van der Waals surface area contributed by atoms with Crippen LogP contribution in [0, 0.1) is 0 Å². The van der Waals surface area contributed by atoms with Crippen molar-refractivity contribution in [3.8, 4) is 5.88 Å². The van der Waals surface area contributed by atoms with Gasteiger partial charge in [-0.1, -0.05) is 11.6 Å². The van der Waals surface area contributed by atoms with Crippen molar-refractivity contribution >= 4 is 17.5 Å². The van der Waals surface area contributed by atoms with Crippen LogP contribution < -0.4 is 10.1 Å². The highest BCUT2D eigenvalue weighted by Crippen LogP contribution is 2.25. The lowest BCUT2D eigenvalue weighted by Gasteiger charge is -2.20. The molecule has 0 fully saturated rings. The zero-order valence-corrected chi connectivity index (χ0v) is 9.51. The first-order chi connectivity index (χ1) is 6.42. The largest absolute Gasteiger partial charge is 0.471 e. The van der Waals surface area contributed by atoms with Gasteiger partial charge in [0, 0.05) is 7.05 Å². The molecule has 0 saturated carbocycles. The van der Waals surface area contributed by atoms with Crippen LogP contribution in [-0.4, -0.2) is 22.6 Å². The normalized spacial score (nSPS) is 11.2. The molecule has 4 nitrogen and oxygen atoms in total. The van der Waals surface area contributed by atoms with Crippen LogP contribution in [0.15, 0.2) is 6.20 Å². The van der Waals surface area contributed by atoms with E-state index in [1.165, 1.54) is 6.20 Å². The molecule has 0 spiro atoms. The molecule has 78 valence electrons. The van der Waals surface area contributed by atoms with Gasteiger partial charge >= 0.3 is 0 Å². The van der Waals surface area contributed by atoms with Crippen LogP contribution in [0.5, 0.6) is 5.88 Å². The number of hydrogen-bond donors (Lipinski definition) is 1. The summed E-state index contributed by atoms with van der Waals surface area (Å²) in [6, 6.07) is 0. The second kappa shape index (κ2) is 4.00. The van der Waals surface area contributed by atoms with Gasteiger partial charge in [-0.2, -0.15) is 4.98 Å². The van der Waals surface area contributed by atoms with E-state index in [9.17, 15) is 0 Å². The first-order valence-electron chi connectivity index (χ1n) is 4.31. The molecule has 0 unspecified atom stereocenters. The molecule has 0 bridgehead atoms. The van der Waals surface area contributed by atoms with Crippen molar-refractivity contribution in [3.63, 3.8) is 0 Å². The fourth-order valence-corrected chi connectivity index (χ4v) is 0.963. The Morgan fingerprint density at radius 3 is 2.57 bits per heavy atom. The molecule has 0 radical (unpaired) electrons. The van der Waals surface area contributed by atoms with Gasteiger partial charge in [-0.25, -0.2) is 4.98 Å². The Hall–Kier alpha value is -1.03. The molecule has 0 saturated heterocycles. The molecule has 1 aromatic heterocycles. The quantitative estimate of drug-likeness (QED) is 0.823. The Morgan fingerprint density at radius 2 is 2.07 bits per heavy atom. The summed E-state index contributed by atoms with van der Waals surface area (Å²) in [5.41, 5.74) is -0.316. The van der Waals surface area contributed by atoms with Crippen molar-refractivity contribution in [2.75, 3.05) is 12.4 Å². The van der Waals surface area contributed by atoms with Crippen molar-refractivity contribution in [2.24, 2.45) is 0 Å². The van der Waals surface area contributed by atoms with E-state index in [4.69, 9.17) is 16.3 Å². The van der Waals surface area contributed by atoms with E-state index in [1.54, 1.807) is 7.05 Å². The van der Waals surface area contributed by atoms with E-state index in [1.807, 2.05) is 20.8 Å². The highest BCUT2D eigenvalue weighted by molar-refractivity contribution is 6.31. The molecular weight excluding hydrogens is 202 g/mol. The van der Waals surface area contributed by atoms with Gasteiger partial charge < -0.3 is 10.1 Å². The molecule has 1 aromatic rings. The predicted octanol–water partition coefficient (Wildman–Crippen LogP) is 2.35. The standard InChI is InChI=1S/C9H14ClN3O/c1-9(2,3)14-7-6(10)5-12-8(11-4)13-7/h5H,1-4H3,(H,11,12,13). The van der Waals surface area contributed by atoms with E-state index >= 15 is 0 Å². The number of hydrogen-bond acceptors (Lipinski definition) is 4. The number of anilines is 1. The zero-order valence-electron chi connectivity index (χ0n) is 8.76. The smallest absolute Gasteiger partial charge is 0.238 e. The highest BCUT2D eigenvalue weighted by atomic mass is 35.5. The third-order valence-electron chi connectivity index (χ3n) is 1.34. The molecule has 0 atom stereocenters. The Bertz CT molecular complexity index is 322. The lowest BCUT2D eigenvalue weighted by Crippen LogP contribution is -2.24. The first kappa shape index (κ1) is 11.0. The molecule has 1 heterocycles. The molecule has 5 heteroatoms. The van der Waals surface area contributed by atoms with Gasteiger partial charge in [0.05, 0.1) is 6.20 Å². The number of rotatable bonds is 2. The van der Waals surface area contributed by atoms with Gasteiger partial charge in [-0.05, 0) is 20.8 Å². The van der Waals surface area contributed by atoms with E-state index in [0.29, 0.717) is 16.9 Å². The van der Waals surface area contributed by atoms with Gasteiger partial charge in [0.25, 0.3) is 0 Å². The number of halogens is 1. The summed E-state index contributed by atoms with van der Waals surface area (Å²) in [5, 5.41) is 3.24. The second-order valence-electron chi connectivity index (χ2n) is 3.81. The minimum atomic E-state index is -0.316. The monoisotopic (exact) mass is 215 g/mol. The maximum atomic E-state index is 5.88. The van der Waals surface area contributed by atoms with Crippen LogP contribution in [0.4, 0.5) is 5.95 Å². The van der Waals surface area contributed by atoms with Gasteiger partial charge in [0.1, 0.15) is 10.6 Å². The van der Waals surface area contributed by atoms with Crippen molar-refractivity contribution in [2.45, 2.75) is 26.4 Å². The minimum absolute atomic E-state index is 0.316. The van der Waals surface area contributed by atoms with Gasteiger partial charge in [-0.15, -0.1) is 0 Å². The highest BCUT2D eigenvalue weighted by Gasteiger charge is 2.15. The molecule has 0 aliphatic carbocycles. The summed E-state index contributed by atoms with van der Waals surface area (Å²) in [5.74, 6) is 0.896. The number of aromatic nitrogens is 2. The lowest BCUT2D eigenvalue weighted by atomic mass is 10.2. The number of nitrogens with zero attached hydrogens (tertiary/aromatic N) is 2. The lowest BCUT2D eigenvalue weighted by molar-refractivity contribution is 0.124. The van der Waals surface area contributed by atoms with Crippen LogP contribution in [-0.2, 0) is 0 Å². The summed E-state index contributed by atoms with van der Waals surface area (Å²) in [4.78, 5) is 8.05. The van der Waals surface area contributed by atoms with E-state index < -0.39 is 0 Å². The molecule has 1 rings (SSSR count). The number of ether oxygens (including phenoxy) is 1. The van der Waals surface area contributed by atoms with Crippen molar-refractivity contribution in [1.29, 1.82) is 0 Å². The Morgan fingerprint density at radius 1 is 1.43 bits per heavy atom. The van der Waals surface area contributed by atoms with Crippen molar-refractivity contribution in [1.82, 2.24) is 9.97 Å². The third kappa shape index (κ3) is 3.03. The SMILES string of the molecule is CNc1ncc(Cl)c(OC(C)(C)C)n1. The second-order valence-corrected chi connectivity index (χ2v) is 4.22.